The van der Waals surface area contributed by atoms with E-state index < -0.39 is 0 Å². The largest absolute Gasteiger partial charge is 0.444 e. The highest BCUT2D eigenvalue weighted by Crippen LogP contribution is 2.65. The molecule has 1 spiro atoms. The van der Waals surface area contributed by atoms with Crippen LogP contribution in [0.2, 0.25) is 0 Å². The van der Waals surface area contributed by atoms with Crippen LogP contribution in [0, 0.1) is 5.41 Å². The molecule has 6 heteroatoms. The number of alkyl carbamates (subject to hydrolysis) is 1. The molecule has 1 aliphatic heterocycles. The highest BCUT2D eigenvalue weighted by Gasteiger charge is 2.62. The van der Waals surface area contributed by atoms with Crippen LogP contribution in [0.15, 0.2) is 17.5 Å². The molecule has 0 aromatic carbocycles. The molecule has 0 radical (unpaired) electrons. The molecule has 3 saturated carbocycles. The Labute approximate surface area is 145 Å². The zero-order valence-electron chi connectivity index (χ0n) is 13.5. The van der Waals surface area contributed by atoms with Crippen LogP contribution in [-0.2, 0) is 14.9 Å². The molecular formula is C18H22N2O3S. The molecule has 24 heavy (non-hydrogen) atoms. The summed E-state index contributed by atoms with van der Waals surface area (Å²) in [4.78, 5) is 25.9. The van der Waals surface area contributed by atoms with Crippen molar-refractivity contribution in [3.63, 3.8) is 0 Å². The molecule has 1 aromatic rings. The number of nitrogens with one attached hydrogen (secondary N) is 2. The van der Waals surface area contributed by atoms with E-state index in [0.29, 0.717) is 5.41 Å². The van der Waals surface area contributed by atoms with Crippen molar-refractivity contribution in [2.45, 2.75) is 68.5 Å². The molecule has 2 heterocycles. The van der Waals surface area contributed by atoms with Crippen molar-refractivity contribution in [2.24, 2.45) is 5.41 Å². The number of carbonyl (C=O) groups excluding carboxylic acids is 2. The fraction of sp³-hybridized carbons (Fsp3) is 0.667. The first-order valence-electron chi connectivity index (χ1n) is 8.91. The molecule has 2 N–H and O–H groups in total. The van der Waals surface area contributed by atoms with Gasteiger partial charge in [0.1, 0.15) is 6.10 Å². The fourth-order valence-corrected chi connectivity index (χ4v) is 6.22. The van der Waals surface area contributed by atoms with E-state index in [1.165, 1.54) is 24.1 Å². The van der Waals surface area contributed by atoms with Crippen LogP contribution in [0.1, 0.15) is 49.8 Å². The third-order valence-electron chi connectivity index (χ3n) is 6.60. The maximum Gasteiger partial charge on any atom is 0.407 e. The zero-order valence-corrected chi connectivity index (χ0v) is 14.4. The second-order valence-electron chi connectivity index (χ2n) is 8.10. The van der Waals surface area contributed by atoms with Crippen LogP contribution in [0.4, 0.5) is 4.79 Å². The lowest BCUT2D eigenvalue weighted by molar-refractivity contribution is -0.143. The highest BCUT2D eigenvalue weighted by atomic mass is 32.1. The third kappa shape index (κ3) is 2.05. The monoisotopic (exact) mass is 346 g/mol. The molecule has 2 bridgehead atoms. The summed E-state index contributed by atoms with van der Waals surface area (Å²) in [7, 11) is 0. The quantitative estimate of drug-likeness (QED) is 0.884. The Morgan fingerprint density at radius 1 is 1.33 bits per heavy atom. The van der Waals surface area contributed by atoms with Gasteiger partial charge in [-0.3, -0.25) is 4.79 Å². The first-order chi connectivity index (χ1) is 11.6. The minimum atomic E-state index is -0.358. The summed E-state index contributed by atoms with van der Waals surface area (Å²) >= 11 is 1.69. The van der Waals surface area contributed by atoms with Gasteiger partial charge in [0.25, 0.3) is 0 Å². The summed E-state index contributed by atoms with van der Waals surface area (Å²) in [5, 5.41) is 8.12. The van der Waals surface area contributed by atoms with E-state index in [0.717, 1.165) is 25.7 Å². The van der Waals surface area contributed by atoms with Crippen LogP contribution < -0.4 is 10.6 Å². The SMILES string of the molecule is O=C1N[C@@H]2C[C@@H](NC(=O)C3(c4cccs4)CC4(CCC4)C3)[C@@H](C2)O1. The zero-order chi connectivity index (χ0) is 16.4. The summed E-state index contributed by atoms with van der Waals surface area (Å²) in [5.74, 6) is 0.135. The summed E-state index contributed by atoms with van der Waals surface area (Å²) < 4.78 is 5.36. The van der Waals surface area contributed by atoms with Crippen LogP contribution in [0.3, 0.4) is 0 Å². The molecule has 1 aromatic heterocycles. The van der Waals surface area contributed by atoms with E-state index in [-0.39, 0.29) is 35.6 Å². The average molecular weight is 346 g/mol. The van der Waals surface area contributed by atoms with Gasteiger partial charge in [0.2, 0.25) is 5.91 Å². The third-order valence-corrected chi connectivity index (χ3v) is 7.67. The van der Waals surface area contributed by atoms with Gasteiger partial charge >= 0.3 is 6.09 Å². The summed E-state index contributed by atoms with van der Waals surface area (Å²) in [5.41, 5.74) is 0.0592. The number of amides is 2. The molecule has 1 saturated heterocycles. The minimum absolute atomic E-state index is 0.0590. The molecule has 4 aliphatic rings. The Bertz CT molecular complexity index is 674. The van der Waals surface area contributed by atoms with E-state index in [9.17, 15) is 9.59 Å². The number of carbonyl (C=O) groups is 2. The second kappa shape index (κ2) is 4.97. The van der Waals surface area contributed by atoms with E-state index in [1.54, 1.807) is 11.3 Å². The van der Waals surface area contributed by atoms with Gasteiger partial charge in [0.05, 0.1) is 11.5 Å². The van der Waals surface area contributed by atoms with Gasteiger partial charge < -0.3 is 15.4 Å². The van der Waals surface area contributed by atoms with Crippen LogP contribution in [0.25, 0.3) is 0 Å². The van der Waals surface area contributed by atoms with Crippen LogP contribution >= 0.6 is 11.3 Å². The minimum Gasteiger partial charge on any atom is -0.444 e. The molecule has 128 valence electrons. The number of hydrogen-bond donors (Lipinski definition) is 2. The maximum absolute atomic E-state index is 13.2. The Balaban J connectivity index is 1.35. The standard InChI is InChI=1S/C18H22N2O3S/c21-15(20-12-7-11-8-13(12)23-16(22)19-11)18(14-3-1-6-24-14)9-17(10-18)4-2-5-17/h1,3,6,11-13H,2,4-5,7-10H2,(H,19,22)(H,20,21)/t11-,12-,13-/m1/s1. The number of fused-ring (bicyclic) bond motifs is 2. The van der Waals surface area contributed by atoms with Crippen molar-refractivity contribution in [3.8, 4) is 0 Å². The van der Waals surface area contributed by atoms with Crippen molar-refractivity contribution in [2.75, 3.05) is 0 Å². The van der Waals surface area contributed by atoms with Gasteiger partial charge in [-0.1, -0.05) is 12.5 Å². The Hall–Kier alpha value is -1.56. The summed E-state index contributed by atoms with van der Waals surface area (Å²) in [6.45, 7) is 0. The predicted octanol–water partition coefficient (Wildman–Crippen LogP) is 2.71. The van der Waals surface area contributed by atoms with Gasteiger partial charge in [-0.2, -0.15) is 0 Å². The van der Waals surface area contributed by atoms with Crippen molar-refractivity contribution >= 4 is 23.3 Å². The predicted molar refractivity (Wildman–Crippen MR) is 89.9 cm³/mol. The Kier molecular flexibility index (Phi) is 3.06. The van der Waals surface area contributed by atoms with Crippen LogP contribution in [-0.4, -0.2) is 30.2 Å². The lowest BCUT2D eigenvalue weighted by Gasteiger charge is -2.60. The van der Waals surface area contributed by atoms with Gasteiger partial charge in [-0.25, -0.2) is 4.79 Å². The number of rotatable bonds is 3. The van der Waals surface area contributed by atoms with Gasteiger partial charge in [0.15, 0.2) is 0 Å². The summed E-state index contributed by atoms with van der Waals surface area (Å²) in [6, 6.07) is 4.22. The summed E-state index contributed by atoms with van der Waals surface area (Å²) in [6.07, 6.45) is 6.84. The molecule has 3 aliphatic carbocycles. The number of hydrogen-bond acceptors (Lipinski definition) is 4. The number of ether oxygens (including phenoxy) is 1. The van der Waals surface area contributed by atoms with Crippen molar-refractivity contribution in [3.05, 3.63) is 22.4 Å². The van der Waals surface area contributed by atoms with Crippen molar-refractivity contribution < 1.29 is 14.3 Å². The topological polar surface area (TPSA) is 67.4 Å². The van der Waals surface area contributed by atoms with E-state index in [1.807, 2.05) is 6.07 Å². The van der Waals surface area contributed by atoms with E-state index >= 15 is 0 Å². The molecule has 5 nitrogen and oxygen atoms in total. The Morgan fingerprint density at radius 2 is 2.17 bits per heavy atom. The Morgan fingerprint density at radius 3 is 2.83 bits per heavy atom. The van der Waals surface area contributed by atoms with Crippen LogP contribution in [0.5, 0.6) is 0 Å². The number of thiophene rings is 1. The molecule has 0 unspecified atom stereocenters. The molecule has 3 atom stereocenters. The van der Waals surface area contributed by atoms with E-state index in [4.69, 9.17) is 4.74 Å². The fourth-order valence-electron chi connectivity index (χ4n) is 5.30. The first-order valence-corrected chi connectivity index (χ1v) is 9.79. The van der Waals surface area contributed by atoms with Crippen molar-refractivity contribution in [1.29, 1.82) is 0 Å². The molecule has 5 rings (SSSR count). The van der Waals surface area contributed by atoms with Crippen molar-refractivity contribution in [1.82, 2.24) is 10.6 Å². The molecule has 2 amide bonds. The lowest BCUT2D eigenvalue weighted by atomic mass is 9.44. The van der Waals surface area contributed by atoms with Gasteiger partial charge in [-0.15, -0.1) is 11.3 Å². The second-order valence-corrected chi connectivity index (χ2v) is 9.05. The molecular weight excluding hydrogens is 324 g/mol. The maximum atomic E-state index is 13.2. The average Bonchev–Trinajstić information content (AvgIpc) is 3.06. The molecule has 4 fully saturated rings. The first kappa shape index (κ1) is 14.8. The van der Waals surface area contributed by atoms with E-state index in [2.05, 4.69) is 22.1 Å². The normalized spacial score (nSPS) is 34.7. The smallest absolute Gasteiger partial charge is 0.407 e. The van der Waals surface area contributed by atoms with Gasteiger partial charge in [-0.05, 0) is 49.0 Å². The van der Waals surface area contributed by atoms with Gasteiger partial charge in [0, 0.05) is 17.3 Å². The highest BCUT2D eigenvalue weighted by molar-refractivity contribution is 7.10. The lowest BCUT2D eigenvalue weighted by Crippen LogP contribution is -2.61.